The Morgan fingerprint density at radius 3 is 2.83 bits per heavy atom. The first kappa shape index (κ1) is 15.3. The van der Waals surface area contributed by atoms with Gasteiger partial charge in [0.2, 0.25) is 0 Å². The molecule has 0 saturated heterocycles. The van der Waals surface area contributed by atoms with E-state index in [-0.39, 0.29) is 15.9 Å². The van der Waals surface area contributed by atoms with Crippen LogP contribution in [0.15, 0.2) is 35.6 Å². The van der Waals surface area contributed by atoms with Crippen LogP contribution >= 0.6 is 11.6 Å². The predicted octanol–water partition coefficient (Wildman–Crippen LogP) is 1.22. The third-order valence-electron chi connectivity index (χ3n) is 2.98. The molecule has 11 heteroatoms. The van der Waals surface area contributed by atoms with E-state index >= 15 is 0 Å². The summed E-state index contributed by atoms with van der Waals surface area (Å²) in [7, 11) is -2.69. The lowest BCUT2D eigenvalue weighted by atomic mass is 10.4. The highest BCUT2D eigenvalue weighted by Gasteiger charge is 2.27. The number of hydrogen-bond acceptors (Lipinski definition) is 5. The largest absolute Gasteiger partial charge is 0.476 e. The molecule has 0 atom stereocenters. The fraction of sp³-hybridized carbons (Fsp3) is 0.0833. The molecule has 120 valence electrons. The number of carboxylic acid groups (broad SMARTS) is 1. The number of anilines is 1. The van der Waals surface area contributed by atoms with Crippen LogP contribution in [0.4, 0.5) is 5.69 Å². The van der Waals surface area contributed by atoms with Crippen molar-refractivity contribution in [3.05, 3.63) is 41.4 Å². The van der Waals surface area contributed by atoms with Crippen LogP contribution in [0.3, 0.4) is 0 Å². The number of sulfonamides is 1. The van der Waals surface area contributed by atoms with Crippen LogP contribution in [0.5, 0.6) is 0 Å². The summed E-state index contributed by atoms with van der Waals surface area (Å²) in [4.78, 5) is 15.1. The summed E-state index contributed by atoms with van der Waals surface area (Å²) in [5, 5.41) is 12.3. The third-order valence-corrected chi connectivity index (χ3v) is 4.74. The summed E-state index contributed by atoms with van der Waals surface area (Å²) < 4.78 is 29.9. The zero-order valence-corrected chi connectivity index (χ0v) is 13.2. The zero-order valence-electron chi connectivity index (χ0n) is 11.6. The Balaban J connectivity index is 2.12. The first-order valence-electron chi connectivity index (χ1n) is 6.22. The highest BCUT2D eigenvalue weighted by atomic mass is 35.5. The summed E-state index contributed by atoms with van der Waals surface area (Å²) >= 11 is 5.94. The van der Waals surface area contributed by atoms with Gasteiger partial charge in [-0.25, -0.2) is 9.78 Å². The molecule has 3 aromatic rings. The number of carbonyl (C=O) groups is 1. The highest BCUT2D eigenvalue weighted by molar-refractivity contribution is 7.92. The third kappa shape index (κ3) is 2.62. The summed E-state index contributed by atoms with van der Waals surface area (Å²) in [5.74, 6) is -1.35. The smallest absolute Gasteiger partial charge is 0.358 e. The van der Waals surface area contributed by atoms with E-state index in [9.17, 15) is 13.2 Å². The Hall–Kier alpha value is -2.59. The van der Waals surface area contributed by atoms with Gasteiger partial charge in [0.05, 0.1) is 0 Å². The van der Waals surface area contributed by atoms with Crippen LogP contribution in [0.1, 0.15) is 10.5 Å². The quantitative estimate of drug-likeness (QED) is 0.726. The normalized spacial score (nSPS) is 11.7. The minimum Gasteiger partial charge on any atom is -0.476 e. The average Bonchev–Trinajstić information content (AvgIpc) is 2.97. The highest BCUT2D eigenvalue weighted by Crippen LogP contribution is 2.25. The maximum atomic E-state index is 12.6. The number of nitrogens with one attached hydrogen (secondary N) is 1. The first-order valence-corrected chi connectivity index (χ1v) is 8.08. The van der Waals surface area contributed by atoms with Gasteiger partial charge in [0.1, 0.15) is 11.3 Å². The van der Waals surface area contributed by atoms with Crippen molar-refractivity contribution in [3.8, 4) is 0 Å². The lowest BCUT2D eigenvalue weighted by molar-refractivity contribution is 0.0690. The molecule has 2 N–H and O–H groups in total. The molecule has 0 fully saturated rings. The molecule has 0 spiro atoms. The summed E-state index contributed by atoms with van der Waals surface area (Å²) in [6.45, 7) is 0. The molecule has 0 amide bonds. The number of pyridine rings is 1. The molecule has 0 aliphatic heterocycles. The van der Waals surface area contributed by atoms with E-state index in [0.29, 0.717) is 5.65 Å². The van der Waals surface area contributed by atoms with Gasteiger partial charge in [-0.3, -0.25) is 13.8 Å². The van der Waals surface area contributed by atoms with Crippen LogP contribution in [0, 0.1) is 0 Å². The molecule has 3 rings (SSSR count). The van der Waals surface area contributed by atoms with Crippen LogP contribution in [-0.2, 0) is 17.1 Å². The molecule has 0 unspecified atom stereocenters. The van der Waals surface area contributed by atoms with Gasteiger partial charge < -0.3 is 5.11 Å². The molecular formula is C12H10ClN5O4S. The molecule has 3 heterocycles. The van der Waals surface area contributed by atoms with Gasteiger partial charge in [0, 0.05) is 19.4 Å². The number of aromatic carboxylic acids is 1. The molecule has 23 heavy (non-hydrogen) atoms. The van der Waals surface area contributed by atoms with Gasteiger partial charge in [-0.1, -0.05) is 17.7 Å². The van der Waals surface area contributed by atoms with E-state index in [1.807, 2.05) is 0 Å². The van der Waals surface area contributed by atoms with Crippen LogP contribution in [0.25, 0.3) is 5.65 Å². The Kier molecular flexibility index (Phi) is 3.49. The maximum Gasteiger partial charge on any atom is 0.358 e. The second-order valence-electron chi connectivity index (χ2n) is 4.61. The molecule has 3 aromatic heterocycles. The number of aromatic nitrogens is 4. The molecule has 0 aliphatic rings. The van der Waals surface area contributed by atoms with Gasteiger partial charge in [-0.2, -0.15) is 13.5 Å². The first-order chi connectivity index (χ1) is 10.8. The van der Waals surface area contributed by atoms with Crippen molar-refractivity contribution in [3.63, 3.8) is 0 Å². The SMILES string of the molecule is Cn1cc(NS(=O)(=O)c2c(Cl)nc3ccccn23)c(C(=O)O)n1. The van der Waals surface area contributed by atoms with E-state index in [1.54, 1.807) is 18.2 Å². The van der Waals surface area contributed by atoms with Crippen molar-refractivity contribution in [2.24, 2.45) is 7.05 Å². The molecule has 0 bridgehead atoms. The lowest BCUT2D eigenvalue weighted by Crippen LogP contribution is -2.17. The maximum absolute atomic E-state index is 12.6. The Morgan fingerprint density at radius 1 is 1.39 bits per heavy atom. The summed E-state index contributed by atoms with van der Waals surface area (Å²) in [5.41, 5.74) is -0.231. The van der Waals surface area contributed by atoms with E-state index in [2.05, 4.69) is 14.8 Å². The minimum atomic E-state index is -4.17. The van der Waals surface area contributed by atoms with Crippen molar-refractivity contribution >= 4 is 38.9 Å². The van der Waals surface area contributed by atoms with Crippen LogP contribution in [0.2, 0.25) is 5.15 Å². The Morgan fingerprint density at radius 2 is 2.13 bits per heavy atom. The molecule has 9 nitrogen and oxygen atoms in total. The number of aryl methyl sites for hydroxylation is 1. The second kappa shape index (κ2) is 5.25. The number of rotatable bonds is 4. The lowest BCUT2D eigenvalue weighted by Gasteiger charge is -2.07. The molecule has 0 radical (unpaired) electrons. The zero-order chi connectivity index (χ0) is 16.8. The van der Waals surface area contributed by atoms with E-state index < -0.39 is 21.7 Å². The fourth-order valence-corrected chi connectivity index (χ4v) is 3.80. The van der Waals surface area contributed by atoms with Crippen molar-refractivity contribution in [1.29, 1.82) is 0 Å². The van der Waals surface area contributed by atoms with Crippen LogP contribution < -0.4 is 4.72 Å². The monoisotopic (exact) mass is 355 g/mol. The van der Waals surface area contributed by atoms with Gasteiger partial charge in [-0.15, -0.1) is 0 Å². The van der Waals surface area contributed by atoms with Gasteiger partial charge in [-0.05, 0) is 12.1 Å². The molecule has 0 aliphatic carbocycles. The number of imidazole rings is 1. The summed E-state index contributed by atoms with van der Waals surface area (Å²) in [6.07, 6.45) is 2.74. The van der Waals surface area contributed by atoms with Crippen molar-refractivity contribution in [2.45, 2.75) is 5.03 Å². The standard InChI is InChI=1S/C12H10ClN5O4S/c1-17-6-7(9(15-17)12(19)20)16-23(21,22)11-10(13)14-8-4-2-3-5-18(8)11/h2-6,16H,1H3,(H,19,20). The predicted molar refractivity (Wildman–Crippen MR) is 81.2 cm³/mol. The van der Waals surface area contributed by atoms with E-state index in [0.717, 1.165) is 0 Å². The van der Waals surface area contributed by atoms with Gasteiger partial charge >= 0.3 is 5.97 Å². The molecule has 0 aromatic carbocycles. The number of fused-ring (bicyclic) bond motifs is 1. The number of nitrogens with zero attached hydrogens (tertiary/aromatic N) is 4. The van der Waals surface area contributed by atoms with E-state index in [4.69, 9.17) is 16.7 Å². The number of halogens is 1. The van der Waals surface area contributed by atoms with Crippen molar-refractivity contribution < 1.29 is 18.3 Å². The number of hydrogen-bond donors (Lipinski definition) is 2. The van der Waals surface area contributed by atoms with Gasteiger partial charge in [0.25, 0.3) is 10.0 Å². The van der Waals surface area contributed by atoms with Crippen molar-refractivity contribution in [2.75, 3.05) is 4.72 Å². The Labute approximate surface area is 135 Å². The van der Waals surface area contributed by atoms with E-state index in [1.165, 1.54) is 28.5 Å². The second-order valence-corrected chi connectivity index (χ2v) is 6.57. The Bertz CT molecular complexity index is 1020. The fourth-order valence-electron chi connectivity index (χ4n) is 2.10. The van der Waals surface area contributed by atoms with Crippen molar-refractivity contribution in [1.82, 2.24) is 19.2 Å². The average molecular weight is 356 g/mol. The topological polar surface area (TPSA) is 119 Å². The van der Waals surface area contributed by atoms with Gasteiger partial charge in [0.15, 0.2) is 15.9 Å². The summed E-state index contributed by atoms with van der Waals surface area (Å²) in [6, 6.07) is 4.90. The van der Waals surface area contributed by atoms with Crippen LogP contribution in [-0.4, -0.2) is 38.7 Å². The molecular weight excluding hydrogens is 346 g/mol. The molecule has 0 saturated carbocycles. The number of carboxylic acids is 1. The minimum absolute atomic E-state index is 0.165.